The zero-order chi connectivity index (χ0) is 7.82. The van der Waals surface area contributed by atoms with E-state index in [9.17, 15) is 0 Å². The van der Waals surface area contributed by atoms with E-state index in [4.69, 9.17) is 0 Å². The molecule has 0 aliphatic carbocycles. The monoisotopic (exact) mass is 141 g/mol. The number of likely N-dealkylation sites (N-methyl/N-ethyl adjacent to an activating group) is 1. The standard InChI is InChI=1S/C7H15N3/c1-7(2)10-6-9-5-4-8-3/h7-8H,4-5H2,1-3H3. The van der Waals surface area contributed by atoms with Crippen LogP contribution in [0, 0.1) is 0 Å². The van der Waals surface area contributed by atoms with Gasteiger partial charge in [0.15, 0.2) is 0 Å². The van der Waals surface area contributed by atoms with Crippen LogP contribution in [0.15, 0.2) is 9.98 Å². The molecule has 0 saturated carbocycles. The minimum absolute atomic E-state index is 0.304. The van der Waals surface area contributed by atoms with Crippen molar-refractivity contribution in [1.82, 2.24) is 5.32 Å². The first kappa shape index (κ1) is 9.34. The van der Waals surface area contributed by atoms with E-state index < -0.39 is 0 Å². The van der Waals surface area contributed by atoms with E-state index in [1.807, 2.05) is 20.9 Å². The van der Waals surface area contributed by atoms with E-state index in [1.54, 1.807) is 0 Å². The summed E-state index contributed by atoms with van der Waals surface area (Å²) < 4.78 is 0. The summed E-state index contributed by atoms with van der Waals surface area (Å²) in [7, 11) is 1.90. The third kappa shape index (κ3) is 7.34. The van der Waals surface area contributed by atoms with Crippen LogP contribution in [0.3, 0.4) is 0 Å². The van der Waals surface area contributed by atoms with Gasteiger partial charge >= 0.3 is 0 Å². The van der Waals surface area contributed by atoms with Crippen LogP contribution in [0.4, 0.5) is 0 Å². The Kier molecular flexibility index (Phi) is 6.03. The molecule has 0 unspecified atom stereocenters. The molecule has 0 saturated heterocycles. The summed E-state index contributed by atoms with van der Waals surface area (Å²) in [5.41, 5.74) is 0. The Morgan fingerprint density at radius 1 is 1.50 bits per heavy atom. The van der Waals surface area contributed by atoms with E-state index in [0.717, 1.165) is 13.1 Å². The van der Waals surface area contributed by atoms with Gasteiger partial charge in [0.25, 0.3) is 0 Å². The normalized spacial score (nSPS) is 9.20. The molecule has 0 atom stereocenters. The maximum atomic E-state index is 3.95. The Morgan fingerprint density at radius 2 is 2.20 bits per heavy atom. The fourth-order valence-electron chi connectivity index (χ4n) is 0.374. The molecule has 0 aromatic heterocycles. The second kappa shape index (κ2) is 6.46. The van der Waals surface area contributed by atoms with E-state index in [-0.39, 0.29) is 0 Å². The highest BCUT2D eigenvalue weighted by molar-refractivity contribution is 5.41. The van der Waals surface area contributed by atoms with E-state index >= 15 is 0 Å². The number of rotatable bonds is 4. The van der Waals surface area contributed by atoms with Gasteiger partial charge in [-0.25, -0.2) is 9.98 Å². The van der Waals surface area contributed by atoms with Crippen LogP contribution in [0.1, 0.15) is 13.8 Å². The summed E-state index contributed by atoms with van der Waals surface area (Å²) >= 11 is 0. The summed E-state index contributed by atoms with van der Waals surface area (Å²) in [4.78, 5) is 7.87. The third-order valence-corrected chi connectivity index (χ3v) is 0.860. The molecule has 0 heterocycles. The molecule has 0 radical (unpaired) electrons. The minimum Gasteiger partial charge on any atom is -0.318 e. The molecule has 0 amide bonds. The van der Waals surface area contributed by atoms with E-state index in [0.29, 0.717) is 6.04 Å². The van der Waals surface area contributed by atoms with Crippen molar-refractivity contribution in [1.29, 1.82) is 0 Å². The molecule has 0 bridgehead atoms. The smallest absolute Gasteiger partial charge is 0.0895 e. The average molecular weight is 141 g/mol. The Bertz CT molecular complexity index is 123. The van der Waals surface area contributed by atoms with Crippen molar-refractivity contribution >= 4 is 6.01 Å². The largest absolute Gasteiger partial charge is 0.318 e. The van der Waals surface area contributed by atoms with Gasteiger partial charge in [-0.1, -0.05) is 0 Å². The summed E-state index contributed by atoms with van der Waals surface area (Å²) in [6.07, 6.45) is 0. The van der Waals surface area contributed by atoms with Crippen LogP contribution in [0.5, 0.6) is 0 Å². The molecule has 3 nitrogen and oxygen atoms in total. The van der Waals surface area contributed by atoms with Crippen molar-refractivity contribution in [2.45, 2.75) is 19.9 Å². The van der Waals surface area contributed by atoms with Gasteiger partial charge in [0.1, 0.15) is 0 Å². The molecule has 3 heteroatoms. The molecule has 0 rings (SSSR count). The lowest BCUT2D eigenvalue weighted by molar-refractivity contribution is 0.800. The van der Waals surface area contributed by atoms with Crippen molar-refractivity contribution in [2.24, 2.45) is 9.98 Å². The van der Waals surface area contributed by atoms with E-state index in [1.165, 1.54) is 0 Å². The molecule has 0 fully saturated rings. The number of aliphatic imine (C=N–C) groups is 2. The highest BCUT2D eigenvalue weighted by Crippen LogP contribution is 1.80. The van der Waals surface area contributed by atoms with Gasteiger partial charge < -0.3 is 5.32 Å². The Hall–Kier alpha value is -0.660. The lowest BCUT2D eigenvalue weighted by Gasteiger charge is -1.88. The molecule has 0 aliphatic rings. The van der Waals surface area contributed by atoms with Crippen molar-refractivity contribution in [3.05, 3.63) is 0 Å². The van der Waals surface area contributed by atoms with Crippen LogP contribution in [0.25, 0.3) is 0 Å². The Morgan fingerprint density at radius 3 is 2.70 bits per heavy atom. The van der Waals surface area contributed by atoms with Crippen molar-refractivity contribution in [2.75, 3.05) is 20.1 Å². The predicted molar refractivity (Wildman–Crippen MR) is 43.8 cm³/mol. The lowest BCUT2D eigenvalue weighted by atomic mass is 10.4. The summed E-state index contributed by atoms with van der Waals surface area (Å²) in [5.74, 6) is 0. The third-order valence-electron chi connectivity index (χ3n) is 0.860. The van der Waals surface area contributed by atoms with Gasteiger partial charge in [0, 0.05) is 6.54 Å². The van der Waals surface area contributed by atoms with Gasteiger partial charge in [0.05, 0.1) is 18.6 Å². The highest BCUT2D eigenvalue weighted by atomic mass is 14.9. The quantitative estimate of drug-likeness (QED) is 0.456. The van der Waals surface area contributed by atoms with Crippen LogP contribution in [0.2, 0.25) is 0 Å². The first-order valence-corrected chi connectivity index (χ1v) is 3.53. The predicted octanol–water partition coefficient (Wildman–Crippen LogP) is 0.788. The van der Waals surface area contributed by atoms with Crippen LogP contribution in [-0.4, -0.2) is 32.2 Å². The molecule has 10 heavy (non-hydrogen) atoms. The van der Waals surface area contributed by atoms with Crippen molar-refractivity contribution in [3.63, 3.8) is 0 Å². The summed E-state index contributed by atoms with van der Waals surface area (Å²) in [6.45, 7) is 5.65. The molecule has 1 N–H and O–H groups in total. The zero-order valence-electron chi connectivity index (χ0n) is 6.89. The van der Waals surface area contributed by atoms with E-state index in [2.05, 4.69) is 21.3 Å². The molecule has 0 spiro atoms. The topological polar surface area (TPSA) is 36.8 Å². The molecular weight excluding hydrogens is 126 g/mol. The maximum absolute atomic E-state index is 3.95. The van der Waals surface area contributed by atoms with Gasteiger partial charge in [-0.3, -0.25) is 0 Å². The Labute approximate surface area is 62.3 Å². The maximum Gasteiger partial charge on any atom is 0.0895 e. The minimum atomic E-state index is 0.304. The fourth-order valence-corrected chi connectivity index (χ4v) is 0.374. The molecule has 0 aromatic carbocycles. The highest BCUT2D eigenvalue weighted by Gasteiger charge is 1.79. The number of nitrogens with zero attached hydrogens (tertiary/aromatic N) is 2. The first-order chi connectivity index (χ1) is 4.77. The number of nitrogens with one attached hydrogen (secondary N) is 1. The van der Waals surface area contributed by atoms with Crippen molar-refractivity contribution < 1.29 is 0 Å². The molecule has 0 aromatic rings. The summed E-state index contributed by atoms with van der Waals surface area (Å²) in [6, 6.07) is 2.93. The average Bonchev–Trinajstić information content (AvgIpc) is 1.87. The van der Waals surface area contributed by atoms with Crippen LogP contribution >= 0.6 is 0 Å². The second-order valence-corrected chi connectivity index (χ2v) is 2.31. The SMILES string of the molecule is CNCCN=C=NC(C)C. The zero-order valence-corrected chi connectivity index (χ0v) is 6.89. The number of hydrogen-bond acceptors (Lipinski definition) is 3. The van der Waals surface area contributed by atoms with Gasteiger partial charge in [0.2, 0.25) is 0 Å². The van der Waals surface area contributed by atoms with Crippen LogP contribution in [-0.2, 0) is 0 Å². The van der Waals surface area contributed by atoms with Gasteiger partial charge in [-0.05, 0) is 20.9 Å². The second-order valence-electron chi connectivity index (χ2n) is 2.31. The number of hydrogen-bond donors (Lipinski definition) is 1. The van der Waals surface area contributed by atoms with Gasteiger partial charge in [-0.15, -0.1) is 0 Å². The molecule has 0 aliphatic heterocycles. The Balaban J connectivity index is 3.35. The molecule has 58 valence electrons. The van der Waals surface area contributed by atoms with Crippen LogP contribution < -0.4 is 5.32 Å². The van der Waals surface area contributed by atoms with Gasteiger partial charge in [-0.2, -0.15) is 0 Å². The van der Waals surface area contributed by atoms with Crippen molar-refractivity contribution in [3.8, 4) is 0 Å². The first-order valence-electron chi connectivity index (χ1n) is 3.53. The fraction of sp³-hybridized carbons (Fsp3) is 0.857. The lowest BCUT2D eigenvalue weighted by Crippen LogP contribution is -2.10. The molecular formula is C7H15N3. The summed E-state index contributed by atoms with van der Waals surface area (Å²) in [5, 5.41) is 2.98.